The molecule has 1 saturated carbocycles. The Morgan fingerprint density at radius 3 is 2.47 bits per heavy atom. The number of nitrogens with two attached hydrogens (primary N) is 1. The molecule has 5 rings (SSSR count). The summed E-state index contributed by atoms with van der Waals surface area (Å²) < 4.78 is 5.92. The minimum Gasteiger partial charge on any atom is -0.492 e. The van der Waals surface area contributed by atoms with Crippen LogP contribution in [0.3, 0.4) is 0 Å². The average molecular weight is 766 g/mol. The number of aryl methyl sites for hydroxylation is 2. The van der Waals surface area contributed by atoms with Crippen molar-refractivity contribution >= 4 is 46.6 Å². The van der Waals surface area contributed by atoms with Crippen LogP contribution in [-0.4, -0.2) is 70.0 Å². The molecule has 286 valence electrons. The quantitative estimate of drug-likeness (QED) is 0.146. The molecule has 2 heterocycles. The summed E-state index contributed by atoms with van der Waals surface area (Å²) in [6, 6.07) is 11.9. The molecule has 0 spiro atoms. The van der Waals surface area contributed by atoms with Gasteiger partial charge in [-0.05, 0) is 73.1 Å². The first-order valence-corrected chi connectivity index (χ1v) is 19.6. The number of primary amides is 1. The van der Waals surface area contributed by atoms with Crippen molar-refractivity contribution in [3.05, 3.63) is 69.8 Å². The van der Waals surface area contributed by atoms with E-state index in [1.807, 2.05) is 76.5 Å². The molecule has 4 atom stereocenters. The van der Waals surface area contributed by atoms with Crippen LogP contribution in [0.4, 0.5) is 0 Å². The number of hydrogen-bond acceptors (Lipinski definition) is 8. The highest BCUT2D eigenvalue weighted by Gasteiger charge is 2.50. The van der Waals surface area contributed by atoms with E-state index in [4.69, 9.17) is 22.1 Å². The fourth-order valence-corrected chi connectivity index (χ4v) is 7.89. The number of hydrogen-bond donors (Lipinski definition) is 4. The smallest absolute Gasteiger partial charge is 0.246 e. The summed E-state index contributed by atoms with van der Waals surface area (Å²) in [6.45, 7) is 9.97. The molecule has 1 aromatic heterocycles. The summed E-state index contributed by atoms with van der Waals surface area (Å²) in [4.78, 5) is 59.2. The number of aliphatic hydroxyl groups excluding tert-OH is 1. The van der Waals surface area contributed by atoms with Crippen molar-refractivity contribution < 1.29 is 29.0 Å². The van der Waals surface area contributed by atoms with Gasteiger partial charge in [-0.1, -0.05) is 75.7 Å². The lowest BCUT2D eigenvalue weighted by molar-refractivity contribution is -0.144. The lowest BCUT2D eigenvalue weighted by atomic mass is 9.85. The first-order valence-electron chi connectivity index (χ1n) is 18.4. The molecule has 1 aliphatic heterocycles. The third-order valence-corrected chi connectivity index (χ3v) is 11.5. The third-order valence-electron chi connectivity index (χ3n) is 10.1. The van der Waals surface area contributed by atoms with Gasteiger partial charge in [-0.2, -0.15) is 0 Å². The summed E-state index contributed by atoms with van der Waals surface area (Å²) in [7, 11) is 0. The first kappa shape index (κ1) is 40.2. The van der Waals surface area contributed by atoms with Crippen molar-refractivity contribution in [3.63, 3.8) is 0 Å². The fraction of sp³-hybridized carbons (Fsp3) is 0.525. The van der Waals surface area contributed by atoms with E-state index >= 15 is 0 Å². The summed E-state index contributed by atoms with van der Waals surface area (Å²) >= 11 is 8.24. The third kappa shape index (κ3) is 10.2. The topological polar surface area (TPSA) is 164 Å². The number of nitrogens with one attached hydrogen (secondary N) is 2. The molecule has 0 radical (unpaired) electrons. The normalized spacial score (nSPS) is 19.0. The number of carbonyl (C=O) groups is 4. The Hall–Kier alpha value is -4.00. The van der Waals surface area contributed by atoms with Crippen molar-refractivity contribution in [2.45, 2.75) is 110 Å². The zero-order valence-electron chi connectivity index (χ0n) is 31.2. The minimum atomic E-state index is -0.912. The second-order valence-electron chi connectivity index (χ2n) is 15.7. The number of nitrogens with zero attached hydrogens (tertiary/aromatic N) is 2. The van der Waals surface area contributed by atoms with Gasteiger partial charge in [0.1, 0.15) is 17.8 Å². The minimum absolute atomic E-state index is 0.0100. The second kappa shape index (κ2) is 17.0. The molecule has 1 aliphatic carbocycles. The molecule has 4 amide bonds. The van der Waals surface area contributed by atoms with E-state index in [1.165, 1.54) is 4.90 Å². The SMILES string of the molecule is Cc1ncsc1-c1ccc(C2(NC(=O)[C@@H]3C[C@@H](O)CN3C(=O)[C@@H](NC(=O)CCCc3cccc(OC[C@@H](C)CCC(N)=O)c3Cl)C(C)(C)C)CC2)cc1. The average Bonchev–Trinajstić information content (AvgIpc) is 3.57. The zero-order chi connectivity index (χ0) is 38.5. The van der Waals surface area contributed by atoms with Crippen LogP contribution < -0.4 is 21.1 Å². The van der Waals surface area contributed by atoms with E-state index in [0.29, 0.717) is 43.1 Å². The number of halogens is 1. The number of thiazole rings is 1. The number of aliphatic hydroxyl groups is 1. The molecule has 13 heteroatoms. The lowest BCUT2D eigenvalue weighted by Crippen LogP contribution is -2.58. The van der Waals surface area contributed by atoms with E-state index in [-0.39, 0.29) is 43.0 Å². The van der Waals surface area contributed by atoms with Gasteiger partial charge in [0.05, 0.1) is 39.4 Å². The number of amides is 4. The summed E-state index contributed by atoms with van der Waals surface area (Å²) in [5.74, 6) is -0.678. The predicted octanol–water partition coefficient (Wildman–Crippen LogP) is 5.67. The first-order chi connectivity index (χ1) is 25.1. The molecule has 2 aromatic carbocycles. The van der Waals surface area contributed by atoms with E-state index in [1.54, 1.807) is 17.4 Å². The van der Waals surface area contributed by atoms with Crippen molar-refractivity contribution in [2.24, 2.45) is 17.1 Å². The molecule has 53 heavy (non-hydrogen) atoms. The molecule has 2 aliphatic rings. The van der Waals surface area contributed by atoms with Crippen molar-refractivity contribution in [2.75, 3.05) is 13.2 Å². The van der Waals surface area contributed by atoms with Crippen LogP contribution in [0.5, 0.6) is 5.75 Å². The summed E-state index contributed by atoms with van der Waals surface area (Å²) in [5.41, 5.74) is 9.79. The van der Waals surface area contributed by atoms with Crippen molar-refractivity contribution in [1.82, 2.24) is 20.5 Å². The highest BCUT2D eigenvalue weighted by Crippen LogP contribution is 2.46. The lowest BCUT2D eigenvalue weighted by Gasteiger charge is -2.35. The summed E-state index contributed by atoms with van der Waals surface area (Å²) in [5, 5.41) is 17.3. The van der Waals surface area contributed by atoms with Gasteiger partial charge in [0.25, 0.3) is 0 Å². The molecule has 11 nitrogen and oxygen atoms in total. The Bertz CT molecular complexity index is 1790. The maximum Gasteiger partial charge on any atom is 0.246 e. The Kier molecular flexibility index (Phi) is 12.9. The molecular formula is C40H52ClN5O6S. The fourth-order valence-electron chi connectivity index (χ4n) is 6.81. The van der Waals surface area contributed by atoms with Crippen LogP contribution in [0.25, 0.3) is 10.4 Å². The van der Waals surface area contributed by atoms with E-state index in [2.05, 4.69) is 15.6 Å². The van der Waals surface area contributed by atoms with E-state index in [9.17, 15) is 24.3 Å². The largest absolute Gasteiger partial charge is 0.492 e. The summed E-state index contributed by atoms with van der Waals surface area (Å²) in [6.07, 6.45) is 2.90. The number of β-amino-alcohol motifs (C(OH)–C–C–N with tert-alkyl or cyclic N) is 1. The Balaban J connectivity index is 1.17. The van der Waals surface area contributed by atoms with Gasteiger partial charge >= 0.3 is 0 Å². The van der Waals surface area contributed by atoms with E-state index in [0.717, 1.165) is 40.1 Å². The van der Waals surface area contributed by atoms with Gasteiger partial charge in [0.2, 0.25) is 23.6 Å². The predicted molar refractivity (Wildman–Crippen MR) is 206 cm³/mol. The molecular weight excluding hydrogens is 714 g/mol. The van der Waals surface area contributed by atoms with Crippen LogP contribution in [0.1, 0.15) is 89.5 Å². The van der Waals surface area contributed by atoms with Crippen LogP contribution in [-0.2, 0) is 31.1 Å². The van der Waals surface area contributed by atoms with Gasteiger partial charge in [0.15, 0.2) is 0 Å². The van der Waals surface area contributed by atoms with Gasteiger partial charge in [-0.15, -0.1) is 11.3 Å². The maximum atomic E-state index is 14.1. The molecule has 3 aromatic rings. The number of benzene rings is 2. The number of aromatic nitrogens is 1. The van der Waals surface area contributed by atoms with Crippen molar-refractivity contribution in [1.29, 1.82) is 0 Å². The number of rotatable bonds is 16. The van der Waals surface area contributed by atoms with E-state index < -0.39 is 35.0 Å². The monoisotopic (exact) mass is 765 g/mol. The van der Waals surface area contributed by atoms with Gasteiger partial charge < -0.3 is 31.1 Å². The number of ether oxygens (including phenoxy) is 1. The molecule has 0 bridgehead atoms. The molecule has 5 N–H and O–H groups in total. The Morgan fingerprint density at radius 2 is 1.85 bits per heavy atom. The molecule has 2 fully saturated rings. The Morgan fingerprint density at radius 1 is 1.13 bits per heavy atom. The van der Waals surface area contributed by atoms with Crippen LogP contribution in [0.2, 0.25) is 5.02 Å². The Labute approximate surface area is 321 Å². The molecule has 1 saturated heterocycles. The van der Waals surface area contributed by atoms with Gasteiger partial charge in [0, 0.05) is 25.8 Å². The highest BCUT2D eigenvalue weighted by atomic mass is 35.5. The van der Waals surface area contributed by atoms with Gasteiger partial charge in [-0.3, -0.25) is 19.2 Å². The molecule has 0 unspecified atom stereocenters. The number of likely N-dealkylation sites (tertiary alicyclic amines) is 1. The van der Waals surface area contributed by atoms with Crippen LogP contribution >= 0.6 is 22.9 Å². The zero-order valence-corrected chi connectivity index (χ0v) is 32.8. The number of carbonyl (C=O) groups excluding carboxylic acids is 4. The van der Waals surface area contributed by atoms with Crippen molar-refractivity contribution in [3.8, 4) is 16.2 Å². The van der Waals surface area contributed by atoms with Gasteiger partial charge in [-0.25, -0.2) is 4.98 Å². The highest BCUT2D eigenvalue weighted by molar-refractivity contribution is 7.13. The second-order valence-corrected chi connectivity index (χ2v) is 16.9. The standard InChI is InChI=1S/C40H52ClN5O6S/c1-24(12-17-32(42)48)22-52-31-10-6-8-26(34(31)41)9-7-11-33(49)44-36(39(3,4)5)38(51)46-21-29(47)20-30(46)37(50)45-40(18-19-40)28-15-13-27(14-16-28)35-25(2)43-23-53-35/h6,8,10,13-16,23-24,29-30,36,47H,7,9,11-12,17-22H2,1-5H3,(H2,42,48)(H,44,49)(H,45,50)/t24-,29+,30-,36+/m0/s1. The van der Waals surface area contributed by atoms with Crippen LogP contribution in [0, 0.1) is 18.3 Å². The maximum absolute atomic E-state index is 14.1. The van der Waals surface area contributed by atoms with Crippen LogP contribution in [0.15, 0.2) is 48.0 Å².